The Hall–Kier alpha value is -1.95. The minimum atomic E-state index is -1.94. The van der Waals surface area contributed by atoms with Crippen molar-refractivity contribution in [3.8, 4) is 0 Å². The molecule has 1 atom stereocenters. The minimum Gasteiger partial charge on any atom is -0.328 e. The van der Waals surface area contributed by atoms with E-state index in [9.17, 15) is 9.59 Å². The molecule has 2 rings (SSSR count). The summed E-state index contributed by atoms with van der Waals surface area (Å²) in [7, 11) is 0. The maximum atomic E-state index is 12.3. The van der Waals surface area contributed by atoms with E-state index in [-0.39, 0.29) is 0 Å². The zero-order chi connectivity index (χ0) is 18.4. The van der Waals surface area contributed by atoms with Crippen LogP contribution in [0.2, 0.25) is 0 Å². The van der Waals surface area contributed by atoms with Crippen molar-refractivity contribution in [3.63, 3.8) is 0 Å². The quantitative estimate of drug-likeness (QED) is 0.530. The zero-order valence-corrected chi connectivity index (χ0v) is 15.5. The Morgan fingerprint density at radius 2 is 1.52 bits per heavy atom. The molecular weight excluding hydrogens is 385 g/mol. The Morgan fingerprint density at radius 1 is 0.920 bits per heavy atom. The van der Waals surface area contributed by atoms with Crippen LogP contribution in [0.5, 0.6) is 0 Å². The minimum absolute atomic E-state index is 0.384. The van der Waals surface area contributed by atoms with Crippen molar-refractivity contribution in [3.05, 3.63) is 65.7 Å². The molecule has 3 N–H and O–H groups in total. The number of carbonyl (C=O) groups is 2. The van der Waals surface area contributed by atoms with Crippen LogP contribution in [-0.2, 0) is 0 Å². The number of anilines is 1. The van der Waals surface area contributed by atoms with E-state index in [4.69, 9.17) is 34.8 Å². The van der Waals surface area contributed by atoms with Gasteiger partial charge < -0.3 is 16.0 Å². The van der Waals surface area contributed by atoms with Crippen LogP contribution in [0.1, 0.15) is 15.9 Å². The van der Waals surface area contributed by atoms with Gasteiger partial charge in [-0.15, -0.1) is 0 Å². The van der Waals surface area contributed by atoms with Gasteiger partial charge in [0.25, 0.3) is 5.91 Å². The van der Waals surface area contributed by atoms with Crippen LogP contribution in [0.25, 0.3) is 0 Å². The first-order valence-corrected chi connectivity index (χ1v) is 8.46. The second kappa shape index (κ2) is 8.43. The van der Waals surface area contributed by atoms with E-state index in [2.05, 4.69) is 16.0 Å². The first-order chi connectivity index (χ1) is 11.8. The number of hydrogen-bond acceptors (Lipinski definition) is 2. The highest BCUT2D eigenvalue weighted by Crippen LogP contribution is 2.29. The molecular formula is C17H16Cl3N3O2. The zero-order valence-electron chi connectivity index (χ0n) is 13.2. The summed E-state index contributed by atoms with van der Waals surface area (Å²) < 4.78 is -1.94. The van der Waals surface area contributed by atoms with Crippen LogP contribution in [0.4, 0.5) is 10.5 Å². The maximum absolute atomic E-state index is 12.3. The van der Waals surface area contributed by atoms with Gasteiger partial charge in [-0.1, -0.05) is 70.7 Å². The Labute approximate surface area is 160 Å². The molecule has 8 heteroatoms. The van der Waals surface area contributed by atoms with Gasteiger partial charge in [-0.3, -0.25) is 4.79 Å². The van der Waals surface area contributed by atoms with E-state index in [1.165, 1.54) is 0 Å². The van der Waals surface area contributed by atoms with E-state index in [1.54, 1.807) is 48.5 Å². The second-order valence-electron chi connectivity index (χ2n) is 5.28. The number of halogens is 3. The van der Waals surface area contributed by atoms with E-state index >= 15 is 0 Å². The van der Waals surface area contributed by atoms with Crippen molar-refractivity contribution in [1.29, 1.82) is 0 Å². The maximum Gasteiger partial charge on any atom is 0.320 e. The number of nitrogens with one attached hydrogen (secondary N) is 3. The molecule has 1 unspecified atom stereocenters. The monoisotopic (exact) mass is 399 g/mol. The summed E-state index contributed by atoms with van der Waals surface area (Å²) in [5, 5.41) is 7.53. The van der Waals surface area contributed by atoms with Crippen molar-refractivity contribution in [2.75, 3.05) is 5.32 Å². The molecule has 0 aliphatic heterocycles. The first kappa shape index (κ1) is 19.4. The lowest BCUT2D eigenvalue weighted by Gasteiger charge is -2.26. The fourth-order valence-electron chi connectivity index (χ4n) is 1.94. The summed E-state index contributed by atoms with van der Waals surface area (Å²) in [6.45, 7) is 1.90. The number of urea groups is 1. The molecule has 2 aromatic carbocycles. The van der Waals surface area contributed by atoms with Gasteiger partial charge in [0.05, 0.1) is 0 Å². The Kier molecular flexibility index (Phi) is 6.53. The van der Waals surface area contributed by atoms with Crippen LogP contribution in [0.15, 0.2) is 54.6 Å². The molecule has 0 saturated carbocycles. The van der Waals surface area contributed by atoms with Crippen LogP contribution in [-0.4, -0.2) is 21.9 Å². The highest BCUT2D eigenvalue weighted by atomic mass is 35.6. The van der Waals surface area contributed by atoms with Gasteiger partial charge in [-0.05, 0) is 31.2 Å². The highest BCUT2D eigenvalue weighted by molar-refractivity contribution is 6.68. The third-order valence-electron chi connectivity index (χ3n) is 3.22. The SMILES string of the molecule is Cc1ccc(C(=O)NC(NC(=O)Nc2ccccc2)C(Cl)(Cl)Cl)cc1. The number of carbonyl (C=O) groups excluding carboxylic acids is 2. The molecule has 0 radical (unpaired) electrons. The average Bonchev–Trinajstić information content (AvgIpc) is 2.54. The number of hydrogen-bond donors (Lipinski definition) is 3. The molecule has 132 valence electrons. The fraction of sp³-hybridized carbons (Fsp3) is 0.176. The predicted octanol–water partition coefficient (Wildman–Crippen LogP) is 4.24. The lowest BCUT2D eigenvalue weighted by molar-refractivity contribution is 0.0933. The first-order valence-electron chi connectivity index (χ1n) is 7.32. The summed E-state index contributed by atoms with van der Waals surface area (Å²) in [6, 6.07) is 15.0. The smallest absolute Gasteiger partial charge is 0.320 e. The largest absolute Gasteiger partial charge is 0.328 e. The van der Waals surface area contributed by atoms with Crippen molar-refractivity contribution < 1.29 is 9.59 Å². The third kappa shape index (κ3) is 6.12. The lowest BCUT2D eigenvalue weighted by atomic mass is 10.1. The molecule has 0 fully saturated rings. The molecule has 0 saturated heterocycles. The van der Waals surface area contributed by atoms with E-state index in [0.29, 0.717) is 11.3 Å². The number of rotatable bonds is 4. The molecule has 0 aliphatic carbocycles. The molecule has 3 amide bonds. The van der Waals surface area contributed by atoms with Crippen LogP contribution >= 0.6 is 34.8 Å². The summed E-state index contributed by atoms with van der Waals surface area (Å²) in [6.07, 6.45) is -1.23. The Bertz CT molecular complexity index is 731. The van der Waals surface area contributed by atoms with Gasteiger partial charge in [-0.25, -0.2) is 4.79 Å². The number of alkyl halides is 3. The van der Waals surface area contributed by atoms with E-state index in [1.807, 2.05) is 13.0 Å². The number of benzene rings is 2. The Morgan fingerprint density at radius 3 is 2.08 bits per heavy atom. The van der Waals surface area contributed by atoms with Gasteiger partial charge in [0.15, 0.2) is 6.17 Å². The van der Waals surface area contributed by atoms with E-state index in [0.717, 1.165) is 5.56 Å². The van der Waals surface area contributed by atoms with Gasteiger partial charge in [0.2, 0.25) is 3.79 Å². The Balaban J connectivity index is 2.04. The molecule has 0 spiro atoms. The van der Waals surface area contributed by atoms with Crippen molar-refractivity contribution >= 4 is 52.4 Å². The standard InChI is InChI=1S/C17H16Cl3N3O2/c1-11-7-9-12(10-8-11)14(24)22-15(17(18,19)20)23-16(25)21-13-5-3-2-4-6-13/h2-10,15H,1H3,(H,22,24)(H2,21,23,25). The van der Waals surface area contributed by atoms with Gasteiger partial charge in [0.1, 0.15) is 0 Å². The highest BCUT2D eigenvalue weighted by Gasteiger charge is 2.35. The van der Waals surface area contributed by atoms with Gasteiger partial charge in [0, 0.05) is 11.3 Å². The molecule has 25 heavy (non-hydrogen) atoms. The van der Waals surface area contributed by atoms with Crippen molar-refractivity contribution in [1.82, 2.24) is 10.6 Å². The summed E-state index contributed by atoms with van der Waals surface area (Å²) in [5.74, 6) is -0.476. The molecule has 5 nitrogen and oxygen atoms in total. The summed E-state index contributed by atoms with van der Waals surface area (Å²) in [4.78, 5) is 24.4. The number of amides is 3. The second-order valence-corrected chi connectivity index (χ2v) is 7.65. The molecule has 0 aromatic heterocycles. The fourth-order valence-corrected chi connectivity index (χ4v) is 2.27. The van der Waals surface area contributed by atoms with Gasteiger partial charge >= 0.3 is 6.03 Å². The summed E-state index contributed by atoms with van der Waals surface area (Å²) in [5.41, 5.74) is 1.96. The van der Waals surface area contributed by atoms with Crippen LogP contribution in [0.3, 0.4) is 0 Å². The topological polar surface area (TPSA) is 70.2 Å². The molecule has 0 heterocycles. The summed E-state index contributed by atoms with van der Waals surface area (Å²) >= 11 is 17.6. The van der Waals surface area contributed by atoms with Gasteiger partial charge in [-0.2, -0.15) is 0 Å². The van der Waals surface area contributed by atoms with Crippen LogP contribution < -0.4 is 16.0 Å². The number of para-hydroxylation sites is 1. The molecule has 0 aliphatic rings. The average molecular weight is 401 g/mol. The third-order valence-corrected chi connectivity index (χ3v) is 3.88. The molecule has 0 bridgehead atoms. The molecule has 2 aromatic rings. The normalized spacial score (nSPS) is 12.2. The number of aryl methyl sites for hydroxylation is 1. The van der Waals surface area contributed by atoms with Crippen LogP contribution in [0, 0.1) is 6.92 Å². The van der Waals surface area contributed by atoms with Crippen molar-refractivity contribution in [2.45, 2.75) is 16.9 Å². The van der Waals surface area contributed by atoms with E-state index < -0.39 is 21.9 Å². The van der Waals surface area contributed by atoms with Crippen molar-refractivity contribution in [2.24, 2.45) is 0 Å². The lowest BCUT2D eigenvalue weighted by Crippen LogP contribution is -2.56. The predicted molar refractivity (Wildman–Crippen MR) is 101 cm³/mol.